The standard InChI is InChI=1S/C11H19N3OS/c1-7(2)5-8(3)12-11-13-10(14-16-11)6-9(4)15/h7-8H,5-6H2,1-4H3,(H,12,13,14). The summed E-state index contributed by atoms with van der Waals surface area (Å²) in [5.74, 6) is 1.38. The largest absolute Gasteiger partial charge is 0.358 e. The van der Waals surface area contributed by atoms with E-state index in [1.54, 1.807) is 6.92 Å². The van der Waals surface area contributed by atoms with Crippen molar-refractivity contribution in [2.75, 3.05) is 5.32 Å². The third-order valence-corrected chi connectivity index (χ3v) is 2.75. The van der Waals surface area contributed by atoms with Gasteiger partial charge in [0.05, 0.1) is 6.42 Å². The van der Waals surface area contributed by atoms with Gasteiger partial charge >= 0.3 is 0 Å². The lowest BCUT2D eigenvalue weighted by atomic mass is 10.1. The summed E-state index contributed by atoms with van der Waals surface area (Å²) in [6, 6.07) is 0.387. The van der Waals surface area contributed by atoms with Gasteiger partial charge in [0.15, 0.2) is 5.82 Å². The molecule has 90 valence electrons. The summed E-state index contributed by atoms with van der Waals surface area (Å²) < 4.78 is 4.14. The molecule has 16 heavy (non-hydrogen) atoms. The molecular formula is C11H19N3OS. The third kappa shape index (κ3) is 4.70. The molecule has 0 radical (unpaired) electrons. The number of carbonyl (C=O) groups excluding carboxylic acids is 1. The predicted octanol–water partition coefficient (Wildman–Crippen LogP) is 2.52. The van der Waals surface area contributed by atoms with E-state index in [2.05, 4.69) is 35.4 Å². The molecule has 1 aromatic rings. The van der Waals surface area contributed by atoms with Gasteiger partial charge in [-0.15, -0.1) is 0 Å². The summed E-state index contributed by atoms with van der Waals surface area (Å²) in [4.78, 5) is 15.2. The highest BCUT2D eigenvalue weighted by Gasteiger charge is 2.09. The van der Waals surface area contributed by atoms with E-state index in [-0.39, 0.29) is 5.78 Å². The molecule has 0 aliphatic rings. The van der Waals surface area contributed by atoms with Gasteiger partial charge in [-0.05, 0) is 26.2 Å². The summed E-state index contributed by atoms with van der Waals surface area (Å²) in [5, 5.41) is 4.11. The Balaban J connectivity index is 2.48. The van der Waals surface area contributed by atoms with Crippen molar-refractivity contribution in [1.29, 1.82) is 0 Å². The quantitative estimate of drug-likeness (QED) is 0.831. The second-order valence-corrected chi connectivity index (χ2v) is 5.32. The van der Waals surface area contributed by atoms with Crippen LogP contribution in [0.5, 0.6) is 0 Å². The molecule has 1 aromatic heterocycles. The van der Waals surface area contributed by atoms with Crippen LogP contribution in [0.2, 0.25) is 0 Å². The van der Waals surface area contributed by atoms with Gasteiger partial charge in [0.25, 0.3) is 0 Å². The molecular weight excluding hydrogens is 222 g/mol. The Morgan fingerprint density at radius 2 is 2.12 bits per heavy atom. The van der Waals surface area contributed by atoms with Crippen molar-refractivity contribution in [1.82, 2.24) is 9.36 Å². The lowest BCUT2D eigenvalue weighted by molar-refractivity contribution is -0.116. The fourth-order valence-electron chi connectivity index (χ4n) is 1.58. The molecule has 1 heterocycles. The number of hydrogen-bond donors (Lipinski definition) is 1. The Labute approximate surface area is 101 Å². The molecule has 0 saturated heterocycles. The van der Waals surface area contributed by atoms with Gasteiger partial charge in [0, 0.05) is 17.6 Å². The average Bonchev–Trinajstić information content (AvgIpc) is 2.49. The zero-order valence-electron chi connectivity index (χ0n) is 10.3. The molecule has 0 spiro atoms. The highest BCUT2D eigenvalue weighted by atomic mass is 32.1. The fraction of sp³-hybridized carbons (Fsp3) is 0.727. The van der Waals surface area contributed by atoms with Crippen LogP contribution < -0.4 is 5.32 Å². The average molecular weight is 241 g/mol. The first kappa shape index (κ1) is 13.1. The number of Topliss-reactive ketones (excluding diaryl/α,β-unsaturated/α-hetero) is 1. The minimum Gasteiger partial charge on any atom is -0.358 e. The lowest BCUT2D eigenvalue weighted by Gasteiger charge is -2.14. The van der Waals surface area contributed by atoms with E-state index in [4.69, 9.17) is 0 Å². The number of anilines is 1. The zero-order valence-corrected chi connectivity index (χ0v) is 11.1. The molecule has 1 unspecified atom stereocenters. The Morgan fingerprint density at radius 3 is 2.69 bits per heavy atom. The van der Waals surface area contributed by atoms with Crippen molar-refractivity contribution < 1.29 is 4.79 Å². The van der Waals surface area contributed by atoms with E-state index in [0.717, 1.165) is 11.6 Å². The van der Waals surface area contributed by atoms with Gasteiger partial charge in [0.1, 0.15) is 5.78 Å². The molecule has 0 aliphatic heterocycles. The molecule has 0 bridgehead atoms. The molecule has 1 N–H and O–H groups in total. The first-order chi connectivity index (χ1) is 7.47. The number of carbonyl (C=O) groups is 1. The van der Waals surface area contributed by atoms with Crippen LogP contribution in [0.3, 0.4) is 0 Å². The number of ketones is 1. The van der Waals surface area contributed by atoms with Crippen LogP contribution >= 0.6 is 11.5 Å². The normalized spacial score (nSPS) is 12.8. The van der Waals surface area contributed by atoms with Crippen LogP contribution in [-0.2, 0) is 11.2 Å². The van der Waals surface area contributed by atoms with Gasteiger partial charge in [-0.1, -0.05) is 13.8 Å². The number of nitrogens with one attached hydrogen (secondary N) is 1. The van der Waals surface area contributed by atoms with Gasteiger partial charge in [0.2, 0.25) is 5.13 Å². The molecule has 0 aliphatic carbocycles. The van der Waals surface area contributed by atoms with Crippen LogP contribution in [0.4, 0.5) is 5.13 Å². The second-order valence-electron chi connectivity index (χ2n) is 4.57. The smallest absolute Gasteiger partial charge is 0.202 e. The van der Waals surface area contributed by atoms with E-state index >= 15 is 0 Å². The maximum Gasteiger partial charge on any atom is 0.202 e. The summed E-state index contributed by atoms with van der Waals surface area (Å²) in [6.45, 7) is 8.07. The Hall–Kier alpha value is -0.970. The Morgan fingerprint density at radius 1 is 1.44 bits per heavy atom. The van der Waals surface area contributed by atoms with E-state index in [9.17, 15) is 4.79 Å². The molecule has 0 amide bonds. The number of nitrogens with zero attached hydrogens (tertiary/aromatic N) is 2. The summed E-state index contributed by atoms with van der Waals surface area (Å²) in [6.07, 6.45) is 1.43. The Kier molecular flexibility index (Phi) is 4.86. The highest BCUT2D eigenvalue weighted by Crippen LogP contribution is 2.15. The first-order valence-electron chi connectivity index (χ1n) is 5.56. The second kappa shape index (κ2) is 5.94. The number of rotatable bonds is 6. The van der Waals surface area contributed by atoms with E-state index in [1.807, 2.05) is 0 Å². The summed E-state index contributed by atoms with van der Waals surface area (Å²) in [5.41, 5.74) is 0. The van der Waals surface area contributed by atoms with Crippen molar-refractivity contribution in [3.8, 4) is 0 Å². The minimum absolute atomic E-state index is 0.0968. The SMILES string of the molecule is CC(=O)Cc1nsc(NC(C)CC(C)C)n1. The van der Waals surface area contributed by atoms with Crippen LogP contribution in [0.15, 0.2) is 0 Å². The Bertz CT molecular complexity index is 349. The maximum atomic E-state index is 10.9. The van der Waals surface area contributed by atoms with Crippen molar-refractivity contribution in [2.45, 2.75) is 46.6 Å². The van der Waals surface area contributed by atoms with Crippen molar-refractivity contribution in [2.24, 2.45) is 5.92 Å². The van der Waals surface area contributed by atoms with Gasteiger partial charge in [-0.2, -0.15) is 4.37 Å². The van der Waals surface area contributed by atoms with Gasteiger partial charge in [-0.25, -0.2) is 4.98 Å². The van der Waals surface area contributed by atoms with Gasteiger partial charge in [-0.3, -0.25) is 4.79 Å². The highest BCUT2D eigenvalue weighted by molar-refractivity contribution is 7.09. The van der Waals surface area contributed by atoms with Gasteiger partial charge < -0.3 is 5.32 Å². The maximum absolute atomic E-state index is 10.9. The van der Waals surface area contributed by atoms with Crippen molar-refractivity contribution in [3.63, 3.8) is 0 Å². The third-order valence-electron chi connectivity index (χ3n) is 2.07. The molecule has 0 fully saturated rings. The van der Waals surface area contributed by atoms with E-state index in [0.29, 0.717) is 24.2 Å². The fourth-order valence-corrected chi connectivity index (χ4v) is 2.28. The van der Waals surface area contributed by atoms with E-state index < -0.39 is 0 Å². The molecule has 5 heteroatoms. The first-order valence-corrected chi connectivity index (χ1v) is 6.33. The van der Waals surface area contributed by atoms with Crippen LogP contribution in [0.25, 0.3) is 0 Å². The number of hydrogen-bond acceptors (Lipinski definition) is 5. The molecule has 0 saturated carbocycles. The van der Waals surface area contributed by atoms with Crippen molar-refractivity contribution in [3.05, 3.63) is 5.82 Å². The molecule has 1 rings (SSSR count). The lowest BCUT2D eigenvalue weighted by Crippen LogP contribution is -2.17. The zero-order chi connectivity index (χ0) is 12.1. The van der Waals surface area contributed by atoms with Crippen molar-refractivity contribution >= 4 is 22.4 Å². The summed E-state index contributed by atoms with van der Waals surface area (Å²) in [7, 11) is 0. The predicted molar refractivity (Wildman–Crippen MR) is 66.8 cm³/mol. The van der Waals surface area contributed by atoms with E-state index in [1.165, 1.54) is 11.5 Å². The minimum atomic E-state index is 0.0968. The molecule has 0 aromatic carbocycles. The number of aromatic nitrogens is 2. The van der Waals surface area contributed by atoms with Crippen LogP contribution in [0.1, 0.15) is 39.9 Å². The molecule has 4 nitrogen and oxygen atoms in total. The van der Waals surface area contributed by atoms with Crippen LogP contribution in [0, 0.1) is 5.92 Å². The summed E-state index contributed by atoms with van der Waals surface area (Å²) >= 11 is 1.32. The topological polar surface area (TPSA) is 54.9 Å². The molecule has 1 atom stereocenters. The van der Waals surface area contributed by atoms with Crippen LogP contribution in [-0.4, -0.2) is 21.2 Å². The monoisotopic (exact) mass is 241 g/mol.